The van der Waals surface area contributed by atoms with Gasteiger partial charge in [0.25, 0.3) is 5.56 Å². The third-order valence-electron chi connectivity index (χ3n) is 5.18. The number of hydrogen-bond donors (Lipinski definition) is 2. The monoisotopic (exact) mass is 510 g/mol. The Morgan fingerprint density at radius 2 is 1.94 bits per heavy atom. The maximum absolute atomic E-state index is 13.7. The molecule has 0 saturated heterocycles. The molecule has 0 amide bonds. The van der Waals surface area contributed by atoms with Crippen LogP contribution in [0.3, 0.4) is 0 Å². The minimum Gasteiger partial charge on any atom is -0.383 e. The maximum atomic E-state index is 13.7. The van der Waals surface area contributed by atoms with E-state index in [2.05, 4.69) is 9.97 Å². The minimum absolute atomic E-state index is 0.0565. The summed E-state index contributed by atoms with van der Waals surface area (Å²) in [5.41, 5.74) is -2.43. The van der Waals surface area contributed by atoms with Crippen molar-refractivity contribution >= 4 is 33.3 Å². The number of aromatic nitrogens is 4. The second-order valence-corrected chi connectivity index (χ2v) is 10.1. The number of fused-ring (bicyclic) bond motifs is 1. The molecule has 4 aromatic rings. The Balaban J connectivity index is 2.05. The van der Waals surface area contributed by atoms with Gasteiger partial charge in [-0.2, -0.15) is 13.2 Å². The fourth-order valence-corrected chi connectivity index (χ4v) is 6.11. The molecule has 1 atom stereocenters. The zero-order chi connectivity index (χ0) is 24.8. The number of aromatic amines is 1. The Bertz CT molecular complexity index is 1450. The van der Waals surface area contributed by atoms with Crippen molar-refractivity contribution in [3.8, 4) is 0 Å². The lowest BCUT2D eigenvalue weighted by Crippen LogP contribution is -2.38. The van der Waals surface area contributed by atoms with Gasteiger partial charge >= 0.3 is 11.9 Å². The van der Waals surface area contributed by atoms with Gasteiger partial charge < -0.3 is 10.1 Å². The predicted molar refractivity (Wildman–Crippen MR) is 124 cm³/mol. The van der Waals surface area contributed by atoms with Crippen molar-refractivity contribution in [1.82, 2.24) is 19.1 Å². The van der Waals surface area contributed by atoms with Crippen molar-refractivity contribution < 1.29 is 18.3 Å². The number of rotatable bonds is 6. The summed E-state index contributed by atoms with van der Waals surface area (Å²) in [5.74, 6) is 0.0565. The molecule has 0 radical (unpaired) electrons. The van der Waals surface area contributed by atoms with E-state index in [1.54, 1.807) is 6.20 Å². The third-order valence-corrected chi connectivity index (χ3v) is 7.62. The molecule has 0 fully saturated rings. The zero-order valence-corrected chi connectivity index (χ0v) is 20.0. The number of nitrogens with zero attached hydrogens (tertiary/aromatic N) is 3. The standard InChI is InChI=1S/C22H21F3N4O3S2/c1-11(2)10-29-19-14(18(31)28(3)21(29)32)16(34-20-26-8-9-27-20)17(33-19)15(30)12-6-4-5-7-13(12)22(23,24)25/h4-9,11,15,30H,10H2,1-3H3,(H,26,27). The summed E-state index contributed by atoms with van der Waals surface area (Å²) in [4.78, 5) is 33.8. The minimum atomic E-state index is -4.68. The molecule has 3 heterocycles. The molecule has 180 valence electrons. The van der Waals surface area contributed by atoms with Crippen LogP contribution < -0.4 is 11.2 Å². The lowest BCUT2D eigenvalue weighted by Gasteiger charge is -2.17. The Kier molecular flexibility index (Phi) is 6.49. The van der Waals surface area contributed by atoms with Crippen LogP contribution in [0.5, 0.6) is 0 Å². The number of nitrogens with one attached hydrogen (secondary N) is 1. The van der Waals surface area contributed by atoms with Crippen molar-refractivity contribution in [3.05, 3.63) is 73.5 Å². The molecule has 0 spiro atoms. The molecule has 0 aliphatic heterocycles. The van der Waals surface area contributed by atoms with Crippen LogP contribution in [0.2, 0.25) is 0 Å². The van der Waals surface area contributed by atoms with E-state index in [0.29, 0.717) is 16.5 Å². The van der Waals surface area contributed by atoms with Crippen LogP contribution in [0.1, 0.15) is 36.0 Å². The summed E-state index contributed by atoms with van der Waals surface area (Å²) >= 11 is 1.97. The molecule has 7 nitrogen and oxygen atoms in total. The first-order valence-electron chi connectivity index (χ1n) is 10.3. The molecule has 34 heavy (non-hydrogen) atoms. The lowest BCUT2D eigenvalue weighted by atomic mass is 10.0. The van der Waals surface area contributed by atoms with Crippen molar-refractivity contribution in [3.63, 3.8) is 0 Å². The average molecular weight is 511 g/mol. The maximum Gasteiger partial charge on any atom is 0.416 e. The number of hydrogen-bond acceptors (Lipinski definition) is 6. The highest BCUT2D eigenvalue weighted by molar-refractivity contribution is 7.99. The molecular weight excluding hydrogens is 489 g/mol. The topological polar surface area (TPSA) is 92.9 Å². The highest BCUT2D eigenvalue weighted by Crippen LogP contribution is 2.45. The van der Waals surface area contributed by atoms with Crippen LogP contribution in [0, 0.1) is 5.92 Å². The molecule has 0 saturated carbocycles. The summed E-state index contributed by atoms with van der Waals surface area (Å²) in [6.07, 6.45) is -3.30. The number of thiophene rings is 1. The van der Waals surface area contributed by atoms with Gasteiger partial charge in [-0.3, -0.25) is 13.9 Å². The van der Waals surface area contributed by atoms with Crippen molar-refractivity contribution in [2.75, 3.05) is 0 Å². The summed E-state index contributed by atoms with van der Waals surface area (Å²) in [6, 6.07) is 4.77. The molecule has 2 N–H and O–H groups in total. The molecule has 3 aromatic heterocycles. The van der Waals surface area contributed by atoms with Gasteiger partial charge in [0.15, 0.2) is 5.16 Å². The number of aliphatic hydroxyl groups is 1. The number of imidazole rings is 1. The second kappa shape index (κ2) is 9.08. The van der Waals surface area contributed by atoms with E-state index in [4.69, 9.17) is 0 Å². The smallest absolute Gasteiger partial charge is 0.383 e. The van der Waals surface area contributed by atoms with Crippen LogP contribution in [0.4, 0.5) is 13.2 Å². The fraction of sp³-hybridized carbons (Fsp3) is 0.318. The average Bonchev–Trinajstić information content (AvgIpc) is 3.42. The first-order valence-corrected chi connectivity index (χ1v) is 11.9. The normalized spacial score (nSPS) is 13.2. The van der Waals surface area contributed by atoms with Gasteiger partial charge in [-0.15, -0.1) is 11.3 Å². The van der Waals surface area contributed by atoms with Crippen molar-refractivity contribution in [2.45, 2.75) is 42.7 Å². The van der Waals surface area contributed by atoms with Crippen molar-refractivity contribution in [2.24, 2.45) is 13.0 Å². The molecular formula is C22H21F3N4O3S2. The zero-order valence-electron chi connectivity index (χ0n) is 18.4. The molecule has 0 aliphatic rings. The molecule has 12 heteroatoms. The Labute approximate surface area is 199 Å². The Morgan fingerprint density at radius 3 is 2.56 bits per heavy atom. The second-order valence-electron chi connectivity index (χ2n) is 8.11. The van der Waals surface area contributed by atoms with Gasteiger partial charge in [0.1, 0.15) is 10.9 Å². The SMILES string of the molecule is CC(C)Cn1c(=O)n(C)c(=O)c2c(Sc3ncc[nH]3)c(C(O)c3ccccc3C(F)(F)F)sc21. The highest BCUT2D eigenvalue weighted by atomic mass is 32.2. The number of halogens is 3. The Morgan fingerprint density at radius 1 is 1.24 bits per heavy atom. The van der Waals surface area contributed by atoms with Gasteiger partial charge in [-0.1, -0.05) is 32.0 Å². The van der Waals surface area contributed by atoms with E-state index in [-0.39, 0.29) is 26.6 Å². The Hall–Kier alpha value is -2.83. The summed E-state index contributed by atoms with van der Waals surface area (Å²) in [6.45, 7) is 4.11. The number of alkyl halides is 3. The van der Waals surface area contributed by atoms with Crippen molar-refractivity contribution in [1.29, 1.82) is 0 Å². The van der Waals surface area contributed by atoms with E-state index < -0.39 is 29.1 Å². The van der Waals surface area contributed by atoms with E-state index in [1.165, 1.54) is 36.0 Å². The number of aliphatic hydroxyl groups excluding tert-OH is 1. The highest BCUT2D eigenvalue weighted by Gasteiger charge is 2.36. The molecule has 4 rings (SSSR count). The van der Waals surface area contributed by atoms with Gasteiger partial charge in [-0.05, 0) is 29.3 Å². The summed E-state index contributed by atoms with van der Waals surface area (Å²) in [5, 5.41) is 11.8. The van der Waals surface area contributed by atoms with E-state index >= 15 is 0 Å². The van der Waals surface area contributed by atoms with Gasteiger partial charge in [0, 0.05) is 30.9 Å². The summed E-state index contributed by atoms with van der Waals surface area (Å²) in [7, 11) is 1.36. The largest absolute Gasteiger partial charge is 0.416 e. The van der Waals surface area contributed by atoms with Gasteiger partial charge in [0.2, 0.25) is 0 Å². The fourth-order valence-electron chi connectivity index (χ4n) is 3.67. The summed E-state index contributed by atoms with van der Waals surface area (Å²) < 4.78 is 43.5. The first-order chi connectivity index (χ1) is 16.0. The van der Waals surface area contributed by atoms with Crippen LogP contribution in [0.15, 0.2) is 56.3 Å². The van der Waals surface area contributed by atoms with E-state index in [0.717, 1.165) is 33.7 Å². The number of H-pyrrole nitrogens is 1. The van der Waals surface area contributed by atoms with Crippen LogP contribution in [-0.2, 0) is 19.8 Å². The van der Waals surface area contributed by atoms with E-state index in [9.17, 15) is 27.9 Å². The molecule has 0 aliphatic carbocycles. The van der Waals surface area contributed by atoms with Gasteiger partial charge in [-0.25, -0.2) is 9.78 Å². The third kappa shape index (κ3) is 4.32. The molecule has 1 aromatic carbocycles. The molecule has 1 unspecified atom stereocenters. The van der Waals surface area contributed by atoms with Crippen LogP contribution in [0.25, 0.3) is 10.2 Å². The van der Waals surface area contributed by atoms with Crippen LogP contribution in [-0.4, -0.2) is 24.2 Å². The first kappa shape index (κ1) is 24.3. The van der Waals surface area contributed by atoms with Crippen LogP contribution >= 0.6 is 23.1 Å². The number of benzene rings is 1. The predicted octanol–water partition coefficient (Wildman–Crippen LogP) is 4.39. The van der Waals surface area contributed by atoms with Gasteiger partial charge in [0.05, 0.1) is 15.8 Å². The van der Waals surface area contributed by atoms with E-state index in [1.807, 2.05) is 13.8 Å². The quantitative estimate of drug-likeness (QED) is 0.401. The molecule has 0 bridgehead atoms. The lowest BCUT2D eigenvalue weighted by molar-refractivity contribution is -0.139.